The van der Waals surface area contributed by atoms with E-state index in [1.165, 1.54) is 0 Å². The van der Waals surface area contributed by atoms with Crippen molar-refractivity contribution < 1.29 is 9.00 Å². The van der Waals surface area contributed by atoms with Crippen molar-refractivity contribution in [2.75, 3.05) is 5.75 Å². The fourth-order valence-corrected chi connectivity index (χ4v) is 5.88. The Morgan fingerprint density at radius 3 is 2.71 bits per heavy atom. The van der Waals surface area contributed by atoms with E-state index in [4.69, 9.17) is 4.98 Å². The lowest BCUT2D eigenvalue weighted by atomic mass is 9.95. The van der Waals surface area contributed by atoms with Gasteiger partial charge >= 0.3 is 0 Å². The lowest BCUT2D eigenvalue weighted by Crippen LogP contribution is -2.27. The van der Waals surface area contributed by atoms with Crippen LogP contribution in [0.1, 0.15) is 46.0 Å². The summed E-state index contributed by atoms with van der Waals surface area (Å²) in [7, 11) is -0.940. The number of pyridine rings is 2. The molecule has 0 saturated heterocycles. The summed E-state index contributed by atoms with van der Waals surface area (Å²) in [5.41, 5.74) is 6.81. The Balaban J connectivity index is 1.37. The smallest absolute Gasteiger partial charge is 0.251 e. The lowest BCUT2D eigenvalue weighted by Gasteiger charge is -2.21. The Bertz CT molecular complexity index is 1620. The van der Waals surface area contributed by atoms with Crippen molar-refractivity contribution in [2.24, 2.45) is 0 Å². The van der Waals surface area contributed by atoms with Crippen molar-refractivity contribution >= 4 is 38.6 Å². The summed E-state index contributed by atoms with van der Waals surface area (Å²) < 4.78 is 12.5. The molecule has 6 rings (SSSR count). The van der Waals surface area contributed by atoms with E-state index in [2.05, 4.69) is 30.5 Å². The van der Waals surface area contributed by atoms with Crippen LogP contribution in [0.4, 0.5) is 0 Å². The molecule has 1 amide bonds. The number of rotatable bonds is 4. The Morgan fingerprint density at radius 2 is 1.94 bits per heavy atom. The molecule has 1 aliphatic heterocycles. The summed E-state index contributed by atoms with van der Waals surface area (Å²) in [6.45, 7) is 3.81. The third kappa shape index (κ3) is 3.79. The van der Waals surface area contributed by atoms with Crippen LogP contribution in [-0.4, -0.2) is 46.0 Å². The predicted octanol–water partition coefficient (Wildman–Crippen LogP) is 3.50. The van der Waals surface area contributed by atoms with Gasteiger partial charge < -0.3 is 10.3 Å². The second-order valence-corrected chi connectivity index (χ2v) is 10.4. The predicted molar refractivity (Wildman–Crippen MR) is 134 cm³/mol. The average molecular weight is 486 g/mol. The van der Waals surface area contributed by atoms with Crippen LogP contribution in [0.25, 0.3) is 33.2 Å². The van der Waals surface area contributed by atoms with Gasteiger partial charge in [-0.3, -0.25) is 14.1 Å². The van der Waals surface area contributed by atoms with E-state index in [-0.39, 0.29) is 11.9 Å². The Kier molecular flexibility index (Phi) is 5.18. The lowest BCUT2D eigenvalue weighted by molar-refractivity contribution is 0.0938. The number of aromatic nitrogens is 6. The molecule has 0 aliphatic carbocycles. The summed E-state index contributed by atoms with van der Waals surface area (Å²) in [5, 5.41) is 12.0. The van der Waals surface area contributed by atoms with Crippen LogP contribution in [-0.2, 0) is 23.0 Å². The topological polar surface area (TPSA) is 129 Å². The number of hydrogen-bond acceptors (Lipinski definition) is 6. The van der Waals surface area contributed by atoms with E-state index in [0.717, 1.165) is 50.0 Å². The van der Waals surface area contributed by atoms with Crippen LogP contribution in [0.3, 0.4) is 0 Å². The summed E-state index contributed by atoms with van der Waals surface area (Å²) in [6, 6.07) is 7.13. The Labute approximate surface area is 203 Å². The first-order valence-electron chi connectivity index (χ1n) is 11.4. The number of carbonyl (C=O) groups excluding carboxylic acids is 1. The summed E-state index contributed by atoms with van der Waals surface area (Å²) in [6.07, 6.45) is 5.98. The van der Waals surface area contributed by atoms with Gasteiger partial charge in [0, 0.05) is 50.3 Å². The van der Waals surface area contributed by atoms with E-state index >= 15 is 0 Å². The van der Waals surface area contributed by atoms with E-state index in [1.807, 2.05) is 26.0 Å². The maximum absolute atomic E-state index is 12.8. The zero-order chi connectivity index (χ0) is 24.1. The quantitative estimate of drug-likeness (QED) is 0.357. The van der Waals surface area contributed by atoms with Gasteiger partial charge in [0.1, 0.15) is 5.82 Å². The van der Waals surface area contributed by atoms with Crippen LogP contribution in [0.2, 0.25) is 0 Å². The number of imidazole rings is 1. The van der Waals surface area contributed by atoms with Crippen LogP contribution < -0.4 is 5.32 Å². The van der Waals surface area contributed by atoms with Gasteiger partial charge in [0.15, 0.2) is 5.65 Å². The molecule has 10 heteroatoms. The fraction of sp³-hybridized carbons (Fsp3) is 0.240. The van der Waals surface area contributed by atoms with Gasteiger partial charge in [0.05, 0.1) is 35.4 Å². The molecule has 35 heavy (non-hydrogen) atoms. The molecule has 5 aromatic rings. The van der Waals surface area contributed by atoms with Gasteiger partial charge in [-0.25, -0.2) is 15.0 Å². The van der Waals surface area contributed by atoms with Crippen LogP contribution in [0, 0.1) is 6.92 Å². The first-order chi connectivity index (χ1) is 17.0. The minimum atomic E-state index is -0.940. The molecule has 176 valence electrons. The number of amides is 1. The van der Waals surface area contributed by atoms with Crippen LogP contribution in [0.5, 0.6) is 0 Å². The third-order valence-electron chi connectivity index (χ3n) is 6.43. The highest BCUT2D eigenvalue weighted by atomic mass is 32.2. The van der Waals surface area contributed by atoms with Crippen molar-refractivity contribution in [3.05, 3.63) is 71.1 Å². The maximum atomic E-state index is 12.8. The van der Waals surface area contributed by atoms with Gasteiger partial charge in [-0.15, -0.1) is 0 Å². The minimum Gasteiger partial charge on any atom is -0.344 e. The number of nitrogens with one attached hydrogen (secondary N) is 3. The maximum Gasteiger partial charge on any atom is 0.251 e. The number of fused-ring (bicyclic) bond motifs is 5. The monoisotopic (exact) mass is 485 g/mol. The van der Waals surface area contributed by atoms with Gasteiger partial charge in [-0.1, -0.05) is 12.1 Å². The number of aryl methyl sites for hydroxylation is 2. The molecule has 5 heterocycles. The van der Waals surface area contributed by atoms with Crippen molar-refractivity contribution in [3.63, 3.8) is 0 Å². The second kappa shape index (κ2) is 8.38. The highest BCUT2D eigenvalue weighted by molar-refractivity contribution is 7.84. The summed E-state index contributed by atoms with van der Waals surface area (Å²) >= 11 is 0. The van der Waals surface area contributed by atoms with E-state index < -0.39 is 10.8 Å². The van der Waals surface area contributed by atoms with Crippen molar-refractivity contribution in [1.82, 2.24) is 35.5 Å². The van der Waals surface area contributed by atoms with Crippen LogP contribution in [0.15, 0.2) is 42.9 Å². The molecule has 0 spiro atoms. The largest absolute Gasteiger partial charge is 0.344 e. The first-order valence-corrected chi connectivity index (χ1v) is 12.9. The van der Waals surface area contributed by atoms with Gasteiger partial charge in [-0.2, -0.15) is 5.10 Å². The standard InChI is InChI=1S/C25H23N7O2S/c1-13-9-26-23(29-13)14(2)30-25(33)16-5-3-15(4-6-16)22-19-12-35(34)8-7-17(19)21-18-10-28-32-24(18)27-11-20(21)31-22/h3-6,9-11,14H,7-8,12H2,1-2H3,(H,26,29)(H,30,33)(H,27,28,32). The first kappa shape index (κ1) is 21.6. The zero-order valence-corrected chi connectivity index (χ0v) is 20.1. The SMILES string of the molecule is Cc1cnc(C(C)NC(=O)c2ccc(-c3nc4cnc5[nH]ncc5c4c4c3CS(=O)CC4)cc2)[nH]1. The van der Waals surface area contributed by atoms with Gasteiger partial charge in [0.2, 0.25) is 0 Å². The highest BCUT2D eigenvalue weighted by Crippen LogP contribution is 2.36. The number of nitrogens with zero attached hydrogens (tertiary/aromatic N) is 4. The average Bonchev–Trinajstić information content (AvgIpc) is 3.52. The second-order valence-electron chi connectivity index (χ2n) is 8.83. The minimum absolute atomic E-state index is 0.181. The fourth-order valence-electron chi connectivity index (χ4n) is 4.67. The van der Waals surface area contributed by atoms with Crippen molar-refractivity contribution in [1.29, 1.82) is 0 Å². The number of aromatic amines is 2. The molecule has 1 aliphatic rings. The molecule has 2 atom stereocenters. The molecule has 0 fully saturated rings. The Morgan fingerprint density at radius 1 is 1.11 bits per heavy atom. The number of H-pyrrole nitrogens is 2. The molecule has 3 N–H and O–H groups in total. The number of benzene rings is 1. The molecule has 0 saturated carbocycles. The van der Waals surface area contributed by atoms with E-state index in [9.17, 15) is 9.00 Å². The highest BCUT2D eigenvalue weighted by Gasteiger charge is 2.24. The van der Waals surface area contributed by atoms with Crippen LogP contribution >= 0.6 is 0 Å². The van der Waals surface area contributed by atoms with Crippen molar-refractivity contribution in [2.45, 2.75) is 32.1 Å². The normalized spacial score (nSPS) is 16.3. The molecule has 9 nitrogen and oxygen atoms in total. The molecule has 4 aromatic heterocycles. The molecule has 0 radical (unpaired) electrons. The third-order valence-corrected chi connectivity index (χ3v) is 7.70. The van der Waals surface area contributed by atoms with Gasteiger partial charge in [0.25, 0.3) is 5.91 Å². The molecular weight excluding hydrogens is 462 g/mol. The Hall–Kier alpha value is -3.92. The van der Waals surface area contributed by atoms with Crippen molar-refractivity contribution in [3.8, 4) is 11.3 Å². The number of hydrogen-bond donors (Lipinski definition) is 3. The van der Waals surface area contributed by atoms with Gasteiger partial charge in [-0.05, 0) is 43.5 Å². The van der Waals surface area contributed by atoms with E-state index in [0.29, 0.717) is 29.3 Å². The molecule has 2 unspecified atom stereocenters. The summed E-state index contributed by atoms with van der Waals surface area (Å²) in [5.74, 6) is 1.61. The number of carbonyl (C=O) groups is 1. The zero-order valence-electron chi connectivity index (χ0n) is 19.3. The molecular formula is C25H23N7O2S. The molecule has 0 bridgehead atoms. The summed E-state index contributed by atoms with van der Waals surface area (Å²) in [4.78, 5) is 29.6. The van der Waals surface area contributed by atoms with E-state index in [1.54, 1.807) is 30.7 Å². The molecule has 1 aromatic carbocycles.